The van der Waals surface area contributed by atoms with Gasteiger partial charge in [-0.1, -0.05) is 18.1 Å². The molecular weight excluding hydrogens is 172 g/mol. The zero-order chi connectivity index (χ0) is 10.6. The number of anilines is 1. The molecular formula is C12H16N2. The molecule has 1 rings (SSSR count). The van der Waals surface area contributed by atoms with Crippen molar-refractivity contribution in [1.82, 2.24) is 0 Å². The Kier molecular flexibility index (Phi) is 3.55. The van der Waals surface area contributed by atoms with Crippen LogP contribution < -0.4 is 10.6 Å². The number of benzene rings is 1. The summed E-state index contributed by atoms with van der Waals surface area (Å²) in [4.78, 5) is 2.02. The van der Waals surface area contributed by atoms with Gasteiger partial charge in [-0.25, -0.2) is 0 Å². The van der Waals surface area contributed by atoms with Gasteiger partial charge < -0.3 is 10.6 Å². The van der Waals surface area contributed by atoms with Crippen molar-refractivity contribution in [3.63, 3.8) is 0 Å². The average molecular weight is 188 g/mol. The van der Waals surface area contributed by atoms with E-state index in [1.54, 1.807) is 0 Å². The third kappa shape index (κ3) is 2.51. The lowest BCUT2D eigenvalue weighted by Gasteiger charge is -2.16. The quantitative estimate of drug-likeness (QED) is 0.733. The number of rotatable bonds is 3. The molecule has 2 nitrogen and oxygen atoms in total. The van der Waals surface area contributed by atoms with Crippen molar-refractivity contribution in [2.24, 2.45) is 5.73 Å². The molecule has 0 radical (unpaired) electrons. The average Bonchev–Trinajstić information content (AvgIpc) is 2.18. The number of terminal acetylenes is 1. The van der Waals surface area contributed by atoms with Crippen LogP contribution in [0.25, 0.3) is 0 Å². The molecule has 1 aromatic rings. The van der Waals surface area contributed by atoms with Crippen molar-refractivity contribution in [2.75, 3.05) is 18.5 Å². The maximum atomic E-state index is 5.75. The summed E-state index contributed by atoms with van der Waals surface area (Å²) in [7, 11) is 1.97. The van der Waals surface area contributed by atoms with E-state index in [-0.39, 0.29) is 6.04 Å². The summed E-state index contributed by atoms with van der Waals surface area (Å²) in [6, 6.07) is 8.23. The van der Waals surface area contributed by atoms with Gasteiger partial charge in [0.1, 0.15) is 0 Å². The van der Waals surface area contributed by atoms with E-state index in [4.69, 9.17) is 12.2 Å². The zero-order valence-electron chi connectivity index (χ0n) is 8.70. The van der Waals surface area contributed by atoms with Crippen LogP contribution in [0.4, 0.5) is 5.69 Å². The van der Waals surface area contributed by atoms with E-state index in [1.807, 2.05) is 43.1 Å². The minimum absolute atomic E-state index is 0.0852. The molecule has 0 saturated carbocycles. The maximum Gasteiger partial charge on any atom is 0.0788 e. The number of nitrogens with zero attached hydrogens (tertiary/aromatic N) is 1. The SMILES string of the molecule is C#CCN(C)c1ccc(C(C)N)cc1. The Morgan fingerprint density at radius 3 is 2.43 bits per heavy atom. The fraction of sp³-hybridized carbons (Fsp3) is 0.333. The molecule has 0 amide bonds. The van der Waals surface area contributed by atoms with E-state index in [1.165, 1.54) is 0 Å². The highest BCUT2D eigenvalue weighted by molar-refractivity contribution is 5.48. The maximum absolute atomic E-state index is 5.75. The lowest BCUT2D eigenvalue weighted by Crippen LogP contribution is -2.17. The van der Waals surface area contributed by atoms with E-state index in [9.17, 15) is 0 Å². The second-order valence-electron chi connectivity index (χ2n) is 3.44. The van der Waals surface area contributed by atoms with Gasteiger partial charge in [0, 0.05) is 18.8 Å². The highest BCUT2D eigenvalue weighted by Crippen LogP contribution is 2.16. The predicted octanol–water partition coefficient (Wildman–Crippen LogP) is 1.78. The first-order chi connectivity index (χ1) is 6.65. The lowest BCUT2D eigenvalue weighted by atomic mass is 10.1. The Hall–Kier alpha value is -1.46. The van der Waals surface area contributed by atoms with Gasteiger partial charge in [0.05, 0.1) is 6.54 Å². The summed E-state index contributed by atoms with van der Waals surface area (Å²) in [6.45, 7) is 2.59. The molecule has 2 N–H and O–H groups in total. The van der Waals surface area contributed by atoms with Gasteiger partial charge in [-0.05, 0) is 24.6 Å². The molecule has 14 heavy (non-hydrogen) atoms. The Morgan fingerprint density at radius 2 is 2.00 bits per heavy atom. The summed E-state index contributed by atoms with van der Waals surface area (Å²) >= 11 is 0. The smallest absolute Gasteiger partial charge is 0.0788 e. The van der Waals surface area contributed by atoms with Crippen LogP contribution in [-0.2, 0) is 0 Å². The first-order valence-electron chi connectivity index (χ1n) is 4.65. The van der Waals surface area contributed by atoms with Gasteiger partial charge in [0.2, 0.25) is 0 Å². The Morgan fingerprint density at radius 1 is 1.43 bits per heavy atom. The van der Waals surface area contributed by atoms with Gasteiger partial charge in [-0.15, -0.1) is 6.42 Å². The van der Waals surface area contributed by atoms with Crippen molar-refractivity contribution in [2.45, 2.75) is 13.0 Å². The molecule has 0 aliphatic heterocycles. The van der Waals surface area contributed by atoms with Crippen LogP contribution in [0, 0.1) is 12.3 Å². The normalized spacial score (nSPS) is 11.9. The van der Waals surface area contributed by atoms with Crippen molar-refractivity contribution in [3.8, 4) is 12.3 Å². The highest BCUT2D eigenvalue weighted by atomic mass is 15.1. The zero-order valence-corrected chi connectivity index (χ0v) is 8.70. The Labute approximate surface area is 85.7 Å². The van der Waals surface area contributed by atoms with Gasteiger partial charge in [0.25, 0.3) is 0 Å². The van der Waals surface area contributed by atoms with E-state index < -0.39 is 0 Å². The topological polar surface area (TPSA) is 29.3 Å². The van der Waals surface area contributed by atoms with Crippen molar-refractivity contribution in [3.05, 3.63) is 29.8 Å². The lowest BCUT2D eigenvalue weighted by molar-refractivity contribution is 0.818. The van der Waals surface area contributed by atoms with Crippen LogP contribution in [0.5, 0.6) is 0 Å². The third-order valence-corrected chi connectivity index (χ3v) is 2.19. The molecule has 74 valence electrons. The minimum atomic E-state index is 0.0852. The van der Waals surface area contributed by atoms with Gasteiger partial charge >= 0.3 is 0 Å². The Bertz CT molecular complexity index is 319. The predicted molar refractivity (Wildman–Crippen MR) is 61.1 cm³/mol. The minimum Gasteiger partial charge on any atom is -0.363 e. The van der Waals surface area contributed by atoms with Crippen LogP contribution in [0.1, 0.15) is 18.5 Å². The van der Waals surface area contributed by atoms with E-state index in [0.29, 0.717) is 6.54 Å². The monoisotopic (exact) mass is 188 g/mol. The van der Waals surface area contributed by atoms with Crippen molar-refractivity contribution >= 4 is 5.69 Å². The molecule has 0 fully saturated rings. The molecule has 1 atom stereocenters. The van der Waals surface area contributed by atoms with Crippen LogP contribution in [0.2, 0.25) is 0 Å². The van der Waals surface area contributed by atoms with Crippen LogP contribution in [0.3, 0.4) is 0 Å². The molecule has 0 spiro atoms. The molecule has 1 unspecified atom stereocenters. The highest BCUT2D eigenvalue weighted by Gasteiger charge is 2.01. The first kappa shape index (κ1) is 10.6. The molecule has 0 aromatic heterocycles. The van der Waals surface area contributed by atoms with Gasteiger partial charge in [0.15, 0.2) is 0 Å². The molecule has 0 heterocycles. The summed E-state index contributed by atoms with van der Waals surface area (Å²) in [5, 5.41) is 0. The molecule has 1 aromatic carbocycles. The molecule has 2 heteroatoms. The summed E-state index contributed by atoms with van der Waals surface area (Å²) in [6.07, 6.45) is 5.23. The molecule has 0 aliphatic rings. The first-order valence-corrected chi connectivity index (χ1v) is 4.65. The number of hydrogen-bond acceptors (Lipinski definition) is 2. The van der Waals surface area contributed by atoms with Crippen LogP contribution in [0.15, 0.2) is 24.3 Å². The number of hydrogen-bond donors (Lipinski definition) is 1. The van der Waals surface area contributed by atoms with Crippen molar-refractivity contribution < 1.29 is 0 Å². The fourth-order valence-corrected chi connectivity index (χ4v) is 1.26. The van der Waals surface area contributed by atoms with Crippen LogP contribution >= 0.6 is 0 Å². The Balaban J connectivity index is 2.78. The van der Waals surface area contributed by atoms with Gasteiger partial charge in [-0.3, -0.25) is 0 Å². The summed E-state index contributed by atoms with van der Waals surface area (Å²) in [5.41, 5.74) is 8.01. The van der Waals surface area contributed by atoms with Crippen LogP contribution in [-0.4, -0.2) is 13.6 Å². The van der Waals surface area contributed by atoms with Crippen molar-refractivity contribution in [1.29, 1.82) is 0 Å². The van der Waals surface area contributed by atoms with E-state index in [0.717, 1.165) is 11.3 Å². The standard InChI is InChI=1S/C12H16N2/c1-4-9-14(3)12-7-5-11(6-8-12)10(2)13/h1,5-8,10H,9,13H2,2-3H3. The largest absolute Gasteiger partial charge is 0.363 e. The molecule has 0 aliphatic carbocycles. The summed E-state index contributed by atoms with van der Waals surface area (Å²) in [5.74, 6) is 2.60. The summed E-state index contributed by atoms with van der Waals surface area (Å²) < 4.78 is 0. The third-order valence-electron chi connectivity index (χ3n) is 2.19. The van der Waals surface area contributed by atoms with E-state index in [2.05, 4.69) is 5.92 Å². The van der Waals surface area contributed by atoms with E-state index >= 15 is 0 Å². The fourth-order valence-electron chi connectivity index (χ4n) is 1.26. The van der Waals surface area contributed by atoms with Gasteiger partial charge in [-0.2, -0.15) is 0 Å². The second-order valence-corrected chi connectivity index (χ2v) is 3.44. The second kappa shape index (κ2) is 4.69. The molecule has 0 saturated heterocycles. The molecule has 0 bridgehead atoms. The number of nitrogens with two attached hydrogens (primary N) is 1.